The topological polar surface area (TPSA) is 69.6 Å². The molecule has 1 rings (SSSR count). The number of nitrogens with one attached hydrogen (secondary N) is 1. The Morgan fingerprint density at radius 1 is 1.33 bits per heavy atom. The summed E-state index contributed by atoms with van der Waals surface area (Å²) in [7, 11) is 1.71. The number of hydrogen-bond donors (Lipinski definition) is 2. The summed E-state index contributed by atoms with van der Waals surface area (Å²) in [6.45, 7) is 5.94. The predicted molar refractivity (Wildman–Crippen MR) is 69.5 cm³/mol. The van der Waals surface area contributed by atoms with Gasteiger partial charge in [0.25, 0.3) is 0 Å². The molecule has 1 aliphatic rings. The quantitative estimate of drug-likeness (QED) is 0.810. The SMILES string of the molecule is CCC(C)(C)N(C)C(=O)NC1(C(=O)O)CCCC1. The Morgan fingerprint density at radius 3 is 2.22 bits per heavy atom. The Balaban J connectivity index is 2.77. The highest BCUT2D eigenvalue weighted by atomic mass is 16.4. The number of rotatable bonds is 4. The van der Waals surface area contributed by atoms with Gasteiger partial charge in [-0.05, 0) is 33.1 Å². The monoisotopic (exact) mass is 256 g/mol. The number of carbonyl (C=O) groups is 2. The Morgan fingerprint density at radius 2 is 1.83 bits per heavy atom. The van der Waals surface area contributed by atoms with Crippen molar-refractivity contribution in [1.29, 1.82) is 0 Å². The second kappa shape index (κ2) is 5.16. The summed E-state index contributed by atoms with van der Waals surface area (Å²) < 4.78 is 0. The molecule has 104 valence electrons. The molecular formula is C13H24N2O3. The maximum Gasteiger partial charge on any atom is 0.329 e. The van der Waals surface area contributed by atoms with Crippen LogP contribution in [0, 0.1) is 0 Å². The molecular weight excluding hydrogens is 232 g/mol. The minimum atomic E-state index is -1.06. The van der Waals surface area contributed by atoms with Crippen LogP contribution in [0.1, 0.15) is 52.9 Å². The van der Waals surface area contributed by atoms with Crippen LogP contribution in [0.4, 0.5) is 4.79 Å². The van der Waals surface area contributed by atoms with E-state index in [0.717, 1.165) is 19.3 Å². The molecule has 18 heavy (non-hydrogen) atoms. The molecule has 0 radical (unpaired) electrons. The summed E-state index contributed by atoms with van der Waals surface area (Å²) in [4.78, 5) is 25.1. The number of carbonyl (C=O) groups excluding carboxylic acids is 1. The normalized spacial score (nSPS) is 18.4. The number of urea groups is 1. The highest BCUT2D eigenvalue weighted by molar-refractivity contribution is 5.86. The molecule has 0 aromatic rings. The van der Waals surface area contributed by atoms with Gasteiger partial charge in [-0.15, -0.1) is 0 Å². The molecule has 5 heteroatoms. The van der Waals surface area contributed by atoms with Crippen LogP contribution in [-0.2, 0) is 4.79 Å². The zero-order valence-corrected chi connectivity index (χ0v) is 11.7. The van der Waals surface area contributed by atoms with Crippen LogP contribution in [0.15, 0.2) is 0 Å². The fourth-order valence-electron chi connectivity index (χ4n) is 2.17. The van der Waals surface area contributed by atoms with Crippen molar-refractivity contribution in [1.82, 2.24) is 10.2 Å². The summed E-state index contributed by atoms with van der Waals surface area (Å²) in [6, 6.07) is -0.300. The number of carboxylic acids is 1. The lowest BCUT2D eigenvalue weighted by atomic mass is 9.97. The summed E-state index contributed by atoms with van der Waals surface area (Å²) in [6.07, 6.45) is 3.57. The maximum atomic E-state index is 12.2. The van der Waals surface area contributed by atoms with Crippen molar-refractivity contribution in [2.75, 3.05) is 7.05 Å². The van der Waals surface area contributed by atoms with Crippen LogP contribution in [0.25, 0.3) is 0 Å². The van der Waals surface area contributed by atoms with Gasteiger partial charge in [0.05, 0.1) is 0 Å². The average Bonchev–Trinajstić information content (AvgIpc) is 2.77. The molecule has 2 amide bonds. The van der Waals surface area contributed by atoms with Crippen molar-refractivity contribution in [3.05, 3.63) is 0 Å². The lowest BCUT2D eigenvalue weighted by Gasteiger charge is -2.37. The maximum absolute atomic E-state index is 12.2. The Labute approximate surface area is 109 Å². The van der Waals surface area contributed by atoms with Crippen LogP contribution in [0.2, 0.25) is 0 Å². The van der Waals surface area contributed by atoms with Crippen molar-refractivity contribution in [2.45, 2.75) is 64.0 Å². The summed E-state index contributed by atoms with van der Waals surface area (Å²) >= 11 is 0. The first-order valence-electron chi connectivity index (χ1n) is 6.54. The lowest BCUT2D eigenvalue weighted by Crippen LogP contribution is -2.59. The summed E-state index contributed by atoms with van der Waals surface area (Å²) in [5.41, 5.74) is -1.34. The van der Waals surface area contributed by atoms with Gasteiger partial charge in [0.1, 0.15) is 5.54 Å². The fourth-order valence-corrected chi connectivity index (χ4v) is 2.17. The van der Waals surface area contributed by atoms with E-state index in [-0.39, 0.29) is 11.6 Å². The van der Waals surface area contributed by atoms with Gasteiger partial charge in [-0.1, -0.05) is 19.8 Å². The van der Waals surface area contributed by atoms with E-state index >= 15 is 0 Å². The zero-order chi connectivity index (χ0) is 14.0. The molecule has 1 fully saturated rings. The molecule has 2 N–H and O–H groups in total. The number of aliphatic carboxylic acids is 1. The van der Waals surface area contributed by atoms with Crippen molar-refractivity contribution in [3.63, 3.8) is 0 Å². The highest BCUT2D eigenvalue weighted by Gasteiger charge is 2.44. The van der Waals surface area contributed by atoms with Crippen molar-refractivity contribution in [2.24, 2.45) is 0 Å². The lowest BCUT2D eigenvalue weighted by molar-refractivity contribution is -0.144. The van der Waals surface area contributed by atoms with E-state index < -0.39 is 11.5 Å². The van der Waals surface area contributed by atoms with E-state index in [2.05, 4.69) is 5.32 Å². The summed E-state index contributed by atoms with van der Waals surface area (Å²) in [5.74, 6) is -0.920. The smallest absolute Gasteiger partial charge is 0.329 e. The van der Waals surface area contributed by atoms with Crippen LogP contribution in [-0.4, -0.2) is 40.1 Å². The van der Waals surface area contributed by atoms with Crippen molar-refractivity contribution in [3.8, 4) is 0 Å². The van der Waals surface area contributed by atoms with Gasteiger partial charge in [0.15, 0.2) is 0 Å². The van der Waals surface area contributed by atoms with Crippen molar-refractivity contribution >= 4 is 12.0 Å². The highest BCUT2D eigenvalue weighted by Crippen LogP contribution is 2.30. The fraction of sp³-hybridized carbons (Fsp3) is 0.846. The Bertz CT molecular complexity index is 333. The van der Waals surface area contributed by atoms with Crippen molar-refractivity contribution < 1.29 is 14.7 Å². The van der Waals surface area contributed by atoms with E-state index in [1.165, 1.54) is 0 Å². The number of nitrogens with zero attached hydrogens (tertiary/aromatic N) is 1. The first kappa shape index (κ1) is 14.8. The van der Waals surface area contributed by atoms with E-state index in [1.807, 2.05) is 20.8 Å². The third-order valence-corrected chi connectivity index (χ3v) is 4.29. The molecule has 0 saturated heterocycles. The van der Waals surface area contributed by atoms with Gasteiger partial charge >= 0.3 is 12.0 Å². The van der Waals surface area contributed by atoms with E-state index in [1.54, 1.807) is 11.9 Å². The van der Waals surface area contributed by atoms with Gasteiger partial charge in [-0.3, -0.25) is 0 Å². The second-order valence-corrected chi connectivity index (χ2v) is 5.75. The molecule has 1 saturated carbocycles. The Kier molecular flexibility index (Phi) is 4.24. The second-order valence-electron chi connectivity index (χ2n) is 5.75. The van der Waals surface area contributed by atoms with E-state index in [9.17, 15) is 14.7 Å². The molecule has 0 atom stereocenters. The molecule has 0 spiro atoms. The van der Waals surface area contributed by atoms with Crippen LogP contribution >= 0.6 is 0 Å². The molecule has 5 nitrogen and oxygen atoms in total. The van der Waals surface area contributed by atoms with Gasteiger partial charge in [0.2, 0.25) is 0 Å². The third kappa shape index (κ3) is 2.76. The van der Waals surface area contributed by atoms with Crippen LogP contribution in [0.3, 0.4) is 0 Å². The number of amides is 2. The minimum Gasteiger partial charge on any atom is -0.480 e. The largest absolute Gasteiger partial charge is 0.480 e. The van der Waals surface area contributed by atoms with Crippen LogP contribution in [0.5, 0.6) is 0 Å². The van der Waals surface area contributed by atoms with Gasteiger partial charge in [-0.25, -0.2) is 9.59 Å². The van der Waals surface area contributed by atoms with E-state index in [4.69, 9.17) is 0 Å². The molecule has 0 bridgehead atoms. The molecule has 0 aromatic carbocycles. The van der Waals surface area contributed by atoms with E-state index in [0.29, 0.717) is 12.8 Å². The van der Waals surface area contributed by atoms with Gasteiger partial charge in [-0.2, -0.15) is 0 Å². The van der Waals surface area contributed by atoms with Gasteiger partial charge in [0, 0.05) is 12.6 Å². The average molecular weight is 256 g/mol. The molecule has 0 unspecified atom stereocenters. The Hall–Kier alpha value is -1.26. The molecule has 0 aromatic heterocycles. The predicted octanol–water partition coefficient (Wildman–Crippen LogP) is 2.21. The minimum absolute atomic E-state index is 0.275. The molecule has 1 aliphatic carbocycles. The zero-order valence-electron chi connectivity index (χ0n) is 11.7. The molecule has 0 heterocycles. The number of hydrogen-bond acceptors (Lipinski definition) is 2. The number of carboxylic acid groups (broad SMARTS) is 1. The molecule has 0 aliphatic heterocycles. The van der Waals surface area contributed by atoms with Gasteiger partial charge < -0.3 is 15.3 Å². The van der Waals surface area contributed by atoms with Crippen LogP contribution < -0.4 is 5.32 Å². The first-order valence-corrected chi connectivity index (χ1v) is 6.54. The first-order chi connectivity index (χ1) is 8.25. The standard InChI is InChI=1S/C13H24N2O3/c1-5-12(2,3)15(4)11(18)14-13(10(16)17)8-6-7-9-13/h5-9H2,1-4H3,(H,14,18)(H,16,17). The summed E-state index contributed by atoms with van der Waals surface area (Å²) in [5, 5.41) is 12.0. The third-order valence-electron chi connectivity index (χ3n) is 4.29.